The predicted octanol–water partition coefficient (Wildman–Crippen LogP) is 2.07. The summed E-state index contributed by atoms with van der Waals surface area (Å²) in [4.78, 5) is 23.1. The summed E-state index contributed by atoms with van der Waals surface area (Å²) in [6.45, 7) is 2.04. The van der Waals surface area contributed by atoms with Crippen LogP contribution in [0.4, 0.5) is 0 Å². The van der Waals surface area contributed by atoms with Crippen molar-refractivity contribution in [3.63, 3.8) is 0 Å². The highest BCUT2D eigenvalue weighted by Crippen LogP contribution is 2.41. The number of carbonyl (C=O) groups is 2. The van der Waals surface area contributed by atoms with E-state index in [0.717, 1.165) is 19.3 Å². The van der Waals surface area contributed by atoms with E-state index < -0.39 is 11.9 Å². The normalized spacial score (nSPS) is 31.2. The van der Waals surface area contributed by atoms with E-state index in [0.29, 0.717) is 6.42 Å². The third-order valence-electron chi connectivity index (χ3n) is 4.58. The van der Waals surface area contributed by atoms with Gasteiger partial charge in [0.05, 0.1) is 17.4 Å². The fourth-order valence-corrected chi connectivity index (χ4v) is 3.30. The van der Waals surface area contributed by atoms with Crippen LogP contribution in [-0.4, -0.2) is 17.0 Å². The Hall–Kier alpha value is -1.84. The maximum absolute atomic E-state index is 12.2. The summed E-state index contributed by atoms with van der Waals surface area (Å²) < 4.78 is 0. The lowest BCUT2D eigenvalue weighted by atomic mass is 9.77. The van der Waals surface area contributed by atoms with E-state index in [1.165, 1.54) is 11.1 Å². The Morgan fingerprint density at radius 3 is 2.75 bits per heavy atom. The highest BCUT2D eigenvalue weighted by Gasteiger charge is 2.49. The topological polar surface area (TPSA) is 66.4 Å². The number of hydrogen-bond acceptors (Lipinski definition) is 2. The number of aryl methyl sites for hydroxylation is 1. The third-order valence-corrected chi connectivity index (χ3v) is 4.58. The lowest BCUT2D eigenvalue weighted by Crippen LogP contribution is -2.46. The Kier molecular flexibility index (Phi) is 3.04. The number of rotatable bonds is 3. The van der Waals surface area contributed by atoms with Crippen LogP contribution >= 0.6 is 0 Å². The second-order valence-electron chi connectivity index (χ2n) is 6.12. The van der Waals surface area contributed by atoms with Gasteiger partial charge >= 0.3 is 5.97 Å². The van der Waals surface area contributed by atoms with Crippen molar-refractivity contribution in [2.75, 3.05) is 0 Å². The molecule has 106 valence electrons. The molecule has 0 bridgehead atoms. The second-order valence-corrected chi connectivity index (χ2v) is 6.12. The Morgan fingerprint density at radius 1 is 1.30 bits per heavy atom. The predicted molar refractivity (Wildman–Crippen MR) is 74.1 cm³/mol. The highest BCUT2D eigenvalue weighted by atomic mass is 16.4. The van der Waals surface area contributed by atoms with E-state index in [9.17, 15) is 9.59 Å². The van der Waals surface area contributed by atoms with Crippen molar-refractivity contribution in [1.29, 1.82) is 0 Å². The molecule has 0 aromatic heterocycles. The smallest absolute Gasteiger partial charge is 0.307 e. The van der Waals surface area contributed by atoms with Crippen LogP contribution in [0.1, 0.15) is 37.3 Å². The maximum atomic E-state index is 12.2. The zero-order chi connectivity index (χ0) is 14.3. The number of hydrogen-bond donors (Lipinski definition) is 2. The van der Waals surface area contributed by atoms with Gasteiger partial charge in [-0.3, -0.25) is 9.59 Å². The summed E-state index contributed by atoms with van der Waals surface area (Å²) in [5, 5.41) is 12.0. The van der Waals surface area contributed by atoms with Crippen LogP contribution in [0.25, 0.3) is 0 Å². The molecule has 0 aliphatic heterocycles. The van der Waals surface area contributed by atoms with E-state index in [1.807, 2.05) is 19.1 Å². The number of amides is 1. The lowest BCUT2D eigenvalue weighted by molar-refractivity contribution is -0.140. The fourth-order valence-electron chi connectivity index (χ4n) is 3.30. The molecular weight excluding hydrogens is 254 g/mol. The van der Waals surface area contributed by atoms with Gasteiger partial charge in [0.15, 0.2) is 0 Å². The molecule has 3 unspecified atom stereocenters. The number of nitrogens with one attached hydrogen (secondary N) is 1. The van der Waals surface area contributed by atoms with Crippen LogP contribution in [-0.2, 0) is 21.5 Å². The van der Waals surface area contributed by atoms with Gasteiger partial charge in [-0.15, -0.1) is 0 Å². The summed E-state index contributed by atoms with van der Waals surface area (Å²) in [6.07, 6.45) is 3.46. The molecule has 1 aromatic rings. The molecular formula is C16H19NO3. The van der Waals surface area contributed by atoms with Gasteiger partial charge in [-0.05, 0) is 43.7 Å². The molecule has 0 saturated heterocycles. The Balaban J connectivity index is 1.78. The fraction of sp³-hybridized carbons (Fsp3) is 0.500. The molecule has 2 aliphatic rings. The minimum Gasteiger partial charge on any atom is -0.481 e. The van der Waals surface area contributed by atoms with Crippen molar-refractivity contribution >= 4 is 11.9 Å². The first-order chi connectivity index (χ1) is 9.51. The standard InChI is InChI=1S/C16H19NO3/c1-16(17-14(18)11-9-12(11)15(19)20)8-4-6-10-5-2-3-7-13(10)16/h2-3,5,7,11-12H,4,6,8-9H2,1H3,(H,17,18)(H,19,20). The van der Waals surface area contributed by atoms with Crippen molar-refractivity contribution in [1.82, 2.24) is 5.32 Å². The van der Waals surface area contributed by atoms with Crippen LogP contribution in [0.2, 0.25) is 0 Å². The number of carbonyl (C=O) groups excluding carboxylic acids is 1. The zero-order valence-corrected chi connectivity index (χ0v) is 11.6. The molecule has 1 fully saturated rings. The zero-order valence-electron chi connectivity index (χ0n) is 11.6. The number of aliphatic carboxylic acids is 1. The van der Waals surface area contributed by atoms with Gasteiger partial charge in [0.2, 0.25) is 5.91 Å². The summed E-state index contributed by atoms with van der Waals surface area (Å²) in [5.74, 6) is -1.81. The van der Waals surface area contributed by atoms with Crippen molar-refractivity contribution in [2.45, 2.75) is 38.1 Å². The van der Waals surface area contributed by atoms with Crippen LogP contribution in [0.5, 0.6) is 0 Å². The summed E-state index contributed by atoms with van der Waals surface area (Å²) in [6, 6.07) is 8.19. The van der Waals surface area contributed by atoms with E-state index >= 15 is 0 Å². The van der Waals surface area contributed by atoms with Crippen molar-refractivity contribution in [3.05, 3.63) is 35.4 Å². The molecule has 3 atom stereocenters. The lowest BCUT2D eigenvalue weighted by Gasteiger charge is -2.37. The van der Waals surface area contributed by atoms with Gasteiger partial charge in [-0.2, -0.15) is 0 Å². The molecule has 2 N–H and O–H groups in total. The molecule has 1 aromatic carbocycles. The minimum absolute atomic E-state index is 0.114. The number of carboxylic acids is 1. The van der Waals surface area contributed by atoms with Crippen LogP contribution in [0, 0.1) is 11.8 Å². The number of carboxylic acid groups (broad SMARTS) is 1. The molecule has 0 spiro atoms. The van der Waals surface area contributed by atoms with Crippen molar-refractivity contribution in [3.8, 4) is 0 Å². The summed E-state index contributed by atoms with van der Waals surface area (Å²) >= 11 is 0. The first-order valence-electron chi connectivity index (χ1n) is 7.14. The molecule has 3 rings (SSSR count). The molecule has 2 aliphatic carbocycles. The number of fused-ring (bicyclic) bond motifs is 1. The molecule has 20 heavy (non-hydrogen) atoms. The maximum Gasteiger partial charge on any atom is 0.307 e. The Morgan fingerprint density at radius 2 is 2.05 bits per heavy atom. The molecule has 0 radical (unpaired) electrons. The van der Waals surface area contributed by atoms with E-state index in [2.05, 4.69) is 17.4 Å². The van der Waals surface area contributed by atoms with Gasteiger partial charge in [-0.1, -0.05) is 24.3 Å². The molecule has 1 amide bonds. The first kappa shape index (κ1) is 13.2. The quantitative estimate of drug-likeness (QED) is 0.886. The molecule has 4 heteroatoms. The van der Waals surface area contributed by atoms with Crippen LogP contribution in [0.15, 0.2) is 24.3 Å². The third kappa shape index (κ3) is 2.19. The SMILES string of the molecule is CC1(NC(=O)C2CC2C(=O)O)CCCc2ccccc21. The van der Waals surface area contributed by atoms with Gasteiger partial charge in [0, 0.05) is 0 Å². The second kappa shape index (κ2) is 4.62. The van der Waals surface area contributed by atoms with Gasteiger partial charge in [-0.25, -0.2) is 0 Å². The minimum atomic E-state index is -0.862. The molecule has 0 heterocycles. The van der Waals surface area contributed by atoms with Gasteiger partial charge in [0.25, 0.3) is 0 Å². The number of benzene rings is 1. The largest absolute Gasteiger partial charge is 0.481 e. The van der Waals surface area contributed by atoms with E-state index in [-0.39, 0.29) is 17.4 Å². The summed E-state index contributed by atoms with van der Waals surface area (Å²) in [7, 11) is 0. The highest BCUT2D eigenvalue weighted by molar-refractivity contribution is 5.90. The average Bonchev–Trinajstić information content (AvgIpc) is 3.19. The Labute approximate surface area is 118 Å². The van der Waals surface area contributed by atoms with E-state index in [1.54, 1.807) is 0 Å². The van der Waals surface area contributed by atoms with Crippen LogP contribution < -0.4 is 5.32 Å². The van der Waals surface area contributed by atoms with E-state index in [4.69, 9.17) is 5.11 Å². The van der Waals surface area contributed by atoms with Crippen molar-refractivity contribution < 1.29 is 14.7 Å². The van der Waals surface area contributed by atoms with Gasteiger partial charge < -0.3 is 10.4 Å². The average molecular weight is 273 g/mol. The molecule has 4 nitrogen and oxygen atoms in total. The molecule has 1 saturated carbocycles. The Bertz CT molecular complexity index is 569. The summed E-state index contributed by atoms with van der Waals surface area (Å²) in [5.41, 5.74) is 2.09. The van der Waals surface area contributed by atoms with Crippen molar-refractivity contribution in [2.24, 2.45) is 11.8 Å². The first-order valence-corrected chi connectivity index (χ1v) is 7.14. The monoisotopic (exact) mass is 273 g/mol. The van der Waals surface area contributed by atoms with Gasteiger partial charge in [0.1, 0.15) is 0 Å². The van der Waals surface area contributed by atoms with Crippen LogP contribution in [0.3, 0.4) is 0 Å².